The van der Waals surface area contributed by atoms with Gasteiger partial charge in [0.05, 0.1) is 6.04 Å². The fourth-order valence-corrected chi connectivity index (χ4v) is 1.19. The van der Waals surface area contributed by atoms with E-state index < -0.39 is 29.4 Å². The Balaban J connectivity index is 4.17. The normalized spacial score (nSPS) is 13.3. The maximum Gasteiger partial charge on any atom is 0.407 e. The van der Waals surface area contributed by atoms with Gasteiger partial charge in [-0.3, -0.25) is 0 Å². The number of carbonyl (C=O) groups excluding carboxylic acids is 2. The molecule has 118 valence electrons. The molecule has 0 heterocycles. The summed E-state index contributed by atoms with van der Waals surface area (Å²) < 4.78 is 10.2. The molecular weight excluding hydrogens is 262 g/mol. The van der Waals surface area contributed by atoms with E-state index in [1.54, 1.807) is 41.5 Å². The van der Waals surface area contributed by atoms with E-state index in [0.29, 0.717) is 0 Å². The molecule has 0 saturated carbocycles. The van der Waals surface area contributed by atoms with Gasteiger partial charge in [-0.25, -0.2) is 9.59 Å². The van der Waals surface area contributed by atoms with Crippen LogP contribution in [0.4, 0.5) is 9.59 Å². The van der Waals surface area contributed by atoms with E-state index in [1.807, 2.05) is 0 Å². The Morgan fingerprint density at radius 2 is 1.45 bits per heavy atom. The monoisotopic (exact) mass is 289 g/mol. The summed E-state index contributed by atoms with van der Waals surface area (Å²) >= 11 is 0. The molecule has 0 radical (unpaired) electrons. The van der Waals surface area contributed by atoms with Crippen LogP contribution in [0.1, 0.15) is 41.5 Å². The number of rotatable bonds is 4. The summed E-state index contributed by atoms with van der Waals surface area (Å²) in [4.78, 5) is 23.0. The Labute approximate surface area is 120 Å². The van der Waals surface area contributed by atoms with Crippen LogP contribution in [0.15, 0.2) is 0 Å². The molecule has 0 bridgehead atoms. The lowest BCUT2D eigenvalue weighted by Gasteiger charge is -2.24. The Bertz CT molecular complexity index is 331. The Morgan fingerprint density at radius 1 is 1.00 bits per heavy atom. The highest BCUT2D eigenvalue weighted by Crippen LogP contribution is 2.07. The van der Waals surface area contributed by atoms with Crippen molar-refractivity contribution in [2.45, 2.75) is 58.8 Å². The number of carbonyl (C=O) groups is 2. The predicted octanol–water partition coefficient (Wildman–Crippen LogP) is 1.36. The molecule has 7 heteroatoms. The zero-order valence-electron chi connectivity index (χ0n) is 13.2. The van der Waals surface area contributed by atoms with Crippen molar-refractivity contribution in [3.05, 3.63) is 0 Å². The maximum absolute atomic E-state index is 11.6. The van der Waals surface area contributed by atoms with Crippen LogP contribution in [0.5, 0.6) is 0 Å². The topological polar surface area (TPSA) is 103 Å². The van der Waals surface area contributed by atoms with Crippen molar-refractivity contribution in [2.24, 2.45) is 5.73 Å². The molecule has 0 aromatic heterocycles. The third kappa shape index (κ3) is 10.4. The minimum atomic E-state index is -0.582. The van der Waals surface area contributed by atoms with Gasteiger partial charge in [0.2, 0.25) is 0 Å². The zero-order chi connectivity index (χ0) is 16.0. The lowest BCUT2D eigenvalue weighted by Crippen LogP contribution is -2.49. The second-order valence-corrected chi connectivity index (χ2v) is 6.46. The Kier molecular flexibility index (Phi) is 6.78. The number of nitrogens with one attached hydrogen (secondary N) is 2. The van der Waals surface area contributed by atoms with Gasteiger partial charge in [-0.15, -0.1) is 0 Å². The number of ether oxygens (including phenoxy) is 2. The second-order valence-electron chi connectivity index (χ2n) is 6.46. The molecular formula is C13H27N3O4. The molecule has 2 amide bonds. The van der Waals surface area contributed by atoms with Crippen LogP contribution in [0, 0.1) is 0 Å². The van der Waals surface area contributed by atoms with Crippen LogP contribution in [-0.4, -0.2) is 42.5 Å². The molecule has 0 aliphatic heterocycles. The van der Waals surface area contributed by atoms with Gasteiger partial charge >= 0.3 is 12.2 Å². The molecule has 1 atom stereocenters. The standard InChI is InChI=1S/C13H27N3O4/c1-12(2,3)19-10(17)15-8-9(7-14)16-11(18)20-13(4,5)6/h9H,7-8,14H2,1-6H3,(H,15,17)(H,16,18). The highest BCUT2D eigenvalue weighted by Gasteiger charge is 2.20. The van der Waals surface area contributed by atoms with Gasteiger partial charge < -0.3 is 25.8 Å². The SMILES string of the molecule is CC(C)(C)OC(=O)NCC(CN)NC(=O)OC(C)(C)C. The van der Waals surface area contributed by atoms with Crippen LogP contribution in [0.3, 0.4) is 0 Å². The molecule has 0 rings (SSSR count). The summed E-state index contributed by atoms with van der Waals surface area (Å²) in [6.07, 6.45) is -1.12. The summed E-state index contributed by atoms with van der Waals surface area (Å²) in [5.41, 5.74) is 4.39. The quantitative estimate of drug-likeness (QED) is 0.725. The van der Waals surface area contributed by atoms with Gasteiger partial charge in [0.25, 0.3) is 0 Å². The van der Waals surface area contributed by atoms with Crippen molar-refractivity contribution in [3.63, 3.8) is 0 Å². The van der Waals surface area contributed by atoms with Crippen LogP contribution >= 0.6 is 0 Å². The molecule has 0 aliphatic rings. The fraction of sp³-hybridized carbons (Fsp3) is 0.846. The fourth-order valence-electron chi connectivity index (χ4n) is 1.19. The largest absolute Gasteiger partial charge is 0.444 e. The highest BCUT2D eigenvalue weighted by atomic mass is 16.6. The van der Waals surface area contributed by atoms with Crippen molar-refractivity contribution < 1.29 is 19.1 Å². The van der Waals surface area contributed by atoms with Crippen molar-refractivity contribution in [1.29, 1.82) is 0 Å². The second kappa shape index (κ2) is 7.33. The van der Waals surface area contributed by atoms with E-state index in [4.69, 9.17) is 15.2 Å². The third-order valence-corrected chi connectivity index (χ3v) is 1.90. The summed E-state index contributed by atoms with van der Waals surface area (Å²) in [7, 11) is 0. The van der Waals surface area contributed by atoms with E-state index in [2.05, 4.69) is 10.6 Å². The number of hydrogen-bond donors (Lipinski definition) is 3. The minimum absolute atomic E-state index is 0.171. The third-order valence-electron chi connectivity index (χ3n) is 1.90. The van der Waals surface area contributed by atoms with E-state index >= 15 is 0 Å². The molecule has 0 saturated heterocycles. The first-order chi connectivity index (χ1) is 8.93. The van der Waals surface area contributed by atoms with Crippen molar-refractivity contribution >= 4 is 12.2 Å². The lowest BCUT2D eigenvalue weighted by atomic mass is 10.2. The van der Waals surface area contributed by atoms with E-state index in [1.165, 1.54) is 0 Å². The molecule has 0 fully saturated rings. The van der Waals surface area contributed by atoms with E-state index in [9.17, 15) is 9.59 Å². The predicted molar refractivity (Wildman–Crippen MR) is 76.4 cm³/mol. The van der Waals surface area contributed by atoms with Crippen molar-refractivity contribution in [3.8, 4) is 0 Å². The highest BCUT2D eigenvalue weighted by molar-refractivity contribution is 5.69. The average molecular weight is 289 g/mol. The number of amides is 2. The summed E-state index contributed by atoms with van der Waals surface area (Å²) in [6, 6.07) is -0.419. The van der Waals surface area contributed by atoms with E-state index in [-0.39, 0.29) is 13.1 Å². The zero-order valence-corrected chi connectivity index (χ0v) is 13.2. The summed E-state index contributed by atoms with van der Waals surface area (Å²) in [5.74, 6) is 0. The smallest absolute Gasteiger partial charge is 0.407 e. The van der Waals surface area contributed by atoms with Gasteiger partial charge in [-0.05, 0) is 41.5 Å². The molecule has 4 N–H and O–H groups in total. The molecule has 0 aromatic carbocycles. The van der Waals surface area contributed by atoms with Crippen LogP contribution < -0.4 is 16.4 Å². The summed E-state index contributed by atoms with van der Waals surface area (Å²) in [6.45, 7) is 11.0. The van der Waals surface area contributed by atoms with Crippen LogP contribution in [-0.2, 0) is 9.47 Å². The van der Waals surface area contributed by atoms with Gasteiger partial charge in [-0.1, -0.05) is 0 Å². The van der Waals surface area contributed by atoms with Gasteiger partial charge in [0, 0.05) is 13.1 Å². The van der Waals surface area contributed by atoms with Crippen LogP contribution in [0.2, 0.25) is 0 Å². The molecule has 0 aliphatic carbocycles. The van der Waals surface area contributed by atoms with Crippen molar-refractivity contribution in [1.82, 2.24) is 10.6 Å². The maximum atomic E-state index is 11.6. The van der Waals surface area contributed by atoms with Gasteiger partial charge in [0.15, 0.2) is 0 Å². The van der Waals surface area contributed by atoms with Crippen LogP contribution in [0.25, 0.3) is 0 Å². The molecule has 7 nitrogen and oxygen atoms in total. The lowest BCUT2D eigenvalue weighted by molar-refractivity contribution is 0.0465. The minimum Gasteiger partial charge on any atom is -0.444 e. The Hall–Kier alpha value is -1.50. The van der Waals surface area contributed by atoms with Gasteiger partial charge in [-0.2, -0.15) is 0 Å². The first kappa shape index (κ1) is 18.5. The summed E-state index contributed by atoms with van der Waals surface area (Å²) in [5, 5.41) is 5.13. The number of hydrogen-bond acceptors (Lipinski definition) is 5. The van der Waals surface area contributed by atoms with Crippen molar-refractivity contribution in [2.75, 3.05) is 13.1 Å². The average Bonchev–Trinajstić information content (AvgIpc) is 2.18. The first-order valence-corrected chi connectivity index (χ1v) is 6.59. The van der Waals surface area contributed by atoms with Gasteiger partial charge in [0.1, 0.15) is 11.2 Å². The number of alkyl carbamates (subject to hydrolysis) is 2. The molecule has 0 aromatic rings. The first-order valence-electron chi connectivity index (χ1n) is 6.59. The van der Waals surface area contributed by atoms with E-state index in [0.717, 1.165) is 0 Å². The number of nitrogens with two attached hydrogens (primary N) is 1. The Morgan fingerprint density at radius 3 is 1.85 bits per heavy atom. The molecule has 1 unspecified atom stereocenters. The molecule has 20 heavy (non-hydrogen) atoms. The molecule has 0 spiro atoms.